The van der Waals surface area contributed by atoms with Gasteiger partial charge in [-0.3, -0.25) is 9.48 Å². The van der Waals surface area contributed by atoms with Crippen molar-refractivity contribution in [2.45, 2.75) is 0 Å². The molecule has 1 saturated heterocycles. The molecule has 15 heavy (non-hydrogen) atoms. The first-order valence-corrected chi connectivity index (χ1v) is 5.67. The summed E-state index contributed by atoms with van der Waals surface area (Å²) in [6, 6.07) is 0. The average Bonchev–Trinajstić information content (AvgIpc) is 2.59. The minimum Gasteiger partial charge on any atom is -0.335 e. The van der Waals surface area contributed by atoms with Gasteiger partial charge in [-0.1, -0.05) is 0 Å². The van der Waals surface area contributed by atoms with Crippen molar-refractivity contribution < 1.29 is 4.79 Å². The average molecular weight is 273 g/mol. The van der Waals surface area contributed by atoms with Crippen LogP contribution in [0.1, 0.15) is 10.5 Å². The minimum atomic E-state index is 0.0448. The zero-order valence-corrected chi connectivity index (χ0v) is 10.1. The van der Waals surface area contributed by atoms with Gasteiger partial charge in [-0.25, -0.2) is 0 Å². The monoisotopic (exact) mass is 272 g/mol. The zero-order valence-electron chi connectivity index (χ0n) is 8.53. The van der Waals surface area contributed by atoms with Gasteiger partial charge in [-0.15, -0.1) is 0 Å². The summed E-state index contributed by atoms with van der Waals surface area (Å²) in [5, 5.41) is 7.25. The molecule has 1 fully saturated rings. The topological polar surface area (TPSA) is 50.2 Å². The summed E-state index contributed by atoms with van der Waals surface area (Å²) < 4.78 is 2.36. The highest BCUT2D eigenvalue weighted by Gasteiger charge is 2.22. The molecule has 2 rings (SSSR count). The van der Waals surface area contributed by atoms with Gasteiger partial charge in [0.25, 0.3) is 5.91 Å². The van der Waals surface area contributed by atoms with Crippen molar-refractivity contribution in [1.29, 1.82) is 0 Å². The molecular weight excluding hydrogens is 260 g/mol. The minimum absolute atomic E-state index is 0.0448. The SMILES string of the molecule is Cn1ncc(Br)c1C(=O)N1CCNCC1. The number of aromatic nitrogens is 2. The lowest BCUT2D eigenvalue weighted by molar-refractivity contribution is 0.0723. The van der Waals surface area contributed by atoms with Crippen molar-refractivity contribution in [1.82, 2.24) is 20.0 Å². The molecule has 1 amide bonds. The van der Waals surface area contributed by atoms with Crippen LogP contribution in [0.25, 0.3) is 0 Å². The number of hydrogen-bond acceptors (Lipinski definition) is 3. The molecule has 0 spiro atoms. The highest BCUT2D eigenvalue weighted by molar-refractivity contribution is 9.10. The van der Waals surface area contributed by atoms with Crippen LogP contribution in [0.5, 0.6) is 0 Å². The largest absolute Gasteiger partial charge is 0.335 e. The Morgan fingerprint density at radius 2 is 2.20 bits per heavy atom. The lowest BCUT2D eigenvalue weighted by Crippen LogP contribution is -2.46. The van der Waals surface area contributed by atoms with Crippen LogP contribution in [-0.4, -0.2) is 46.8 Å². The Morgan fingerprint density at radius 3 is 2.73 bits per heavy atom. The molecule has 0 atom stereocenters. The molecule has 1 aliphatic rings. The van der Waals surface area contributed by atoms with Crippen LogP contribution in [0.3, 0.4) is 0 Å². The number of nitrogens with zero attached hydrogens (tertiary/aromatic N) is 3. The summed E-state index contributed by atoms with van der Waals surface area (Å²) in [5.41, 5.74) is 0.622. The molecule has 6 heteroatoms. The van der Waals surface area contributed by atoms with Gasteiger partial charge >= 0.3 is 0 Å². The van der Waals surface area contributed by atoms with Crippen LogP contribution in [-0.2, 0) is 7.05 Å². The number of hydrogen-bond donors (Lipinski definition) is 1. The van der Waals surface area contributed by atoms with E-state index in [4.69, 9.17) is 0 Å². The smallest absolute Gasteiger partial charge is 0.273 e. The first-order valence-electron chi connectivity index (χ1n) is 4.87. The molecule has 1 aromatic heterocycles. The van der Waals surface area contributed by atoms with E-state index in [1.165, 1.54) is 0 Å². The number of amides is 1. The Bertz CT molecular complexity index is 351. The molecule has 0 bridgehead atoms. The summed E-state index contributed by atoms with van der Waals surface area (Å²) >= 11 is 3.34. The van der Waals surface area contributed by atoms with E-state index < -0.39 is 0 Å². The van der Waals surface area contributed by atoms with E-state index in [1.54, 1.807) is 17.9 Å². The predicted octanol–water partition coefficient (Wildman–Crippen LogP) is 0.228. The van der Waals surface area contributed by atoms with Gasteiger partial charge in [-0.05, 0) is 15.9 Å². The van der Waals surface area contributed by atoms with Crippen molar-refractivity contribution >= 4 is 21.8 Å². The maximum atomic E-state index is 12.1. The van der Waals surface area contributed by atoms with Gasteiger partial charge in [0.2, 0.25) is 0 Å². The second-order valence-electron chi connectivity index (χ2n) is 3.51. The molecule has 0 aromatic carbocycles. The number of carbonyl (C=O) groups is 1. The summed E-state index contributed by atoms with van der Waals surface area (Å²) in [5.74, 6) is 0.0448. The molecule has 2 heterocycles. The van der Waals surface area contributed by atoms with Gasteiger partial charge in [0.15, 0.2) is 0 Å². The number of nitrogens with one attached hydrogen (secondary N) is 1. The van der Waals surface area contributed by atoms with E-state index in [0.29, 0.717) is 5.69 Å². The second-order valence-corrected chi connectivity index (χ2v) is 4.36. The third-order valence-corrected chi connectivity index (χ3v) is 3.08. The van der Waals surface area contributed by atoms with E-state index >= 15 is 0 Å². The fraction of sp³-hybridized carbons (Fsp3) is 0.556. The quantitative estimate of drug-likeness (QED) is 0.796. The van der Waals surface area contributed by atoms with E-state index in [1.807, 2.05) is 4.90 Å². The molecule has 0 unspecified atom stereocenters. The van der Waals surface area contributed by atoms with Crippen molar-refractivity contribution in [3.8, 4) is 0 Å². The molecule has 1 N–H and O–H groups in total. The first kappa shape index (κ1) is 10.6. The maximum absolute atomic E-state index is 12.1. The molecule has 0 saturated carbocycles. The van der Waals surface area contributed by atoms with Gasteiger partial charge < -0.3 is 10.2 Å². The number of rotatable bonds is 1. The van der Waals surface area contributed by atoms with E-state index in [2.05, 4.69) is 26.3 Å². The summed E-state index contributed by atoms with van der Waals surface area (Å²) in [6.07, 6.45) is 1.65. The van der Waals surface area contributed by atoms with Crippen LogP contribution >= 0.6 is 15.9 Å². The number of aryl methyl sites for hydroxylation is 1. The van der Waals surface area contributed by atoms with Crippen LogP contribution in [0, 0.1) is 0 Å². The summed E-state index contributed by atoms with van der Waals surface area (Å²) in [7, 11) is 1.78. The first-order chi connectivity index (χ1) is 7.20. The number of halogens is 1. The molecule has 1 aromatic rings. The summed E-state index contributed by atoms with van der Waals surface area (Å²) in [6.45, 7) is 3.25. The Labute approximate surface area is 96.6 Å². The van der Waals surface area contributed by atoms with Gasteiger partial charge in [0.05, 0.1) is 10.7 Å². The third kappa shape index (κ3) is 2.05. The van der Waals surface area contributed by atoms with Crippen LogP contribution in [0.2, 0.25) is 0 Å². The highest BCUT2D eigenvalue weighted by Crippen LogP contribution is 2.17. The fourth-order valence-corrected chi connectivity index (χ4v) is 2.19. The normalized spacial score (nSPS) is 16.8. The molecule has 82 valence electrons. The van der Waals surface area contributed by atoms with Crippen molar-refractivity contribution in [2.24, 2.45) is 7.05 Å². The Morgan fingerprint density at radius 1 is 1.53 bits per heavy atom. The Hall–Kier alpha value is -0.880. The van der Waals surface area contributed by atoms with Crippen molar-refractivity contribution in [3.63, 3.8) is 0 Å². The number of piperazine rings is 1. The Balaban J connectivity index is 2.19. The fourth-order valence-electron chi connectivity index (χ4n) is 1.67. The molecule has 0 aliphatic carbocycles. The summed E-state index contributed by atoms with van der Waals surface area (Å²) in [4.78, 5) is 14.0. The lowest BCUT2D eigenvalue weighted by Gasteiger charge is -2.27. The van der Waals surface area contributed by atoms with Crippen LogP contribution in [0.15, 0.2) is 10.7 Å². The molecular formula is C9H13BrN4O. The standard InChI is InChI=1S/C9H13BrN4O/c1-13-8(7(10)6-12-13)9(15)14-4-2-11-3-5-14/h6,11H,2-5H2,1H3. The molecule has 5 nitrogen and oxygen atoms in total. The van der Waals surface area contributed by atoms with Crippen molar-refractivity contribution in [3.05, 3.63) is 16.4 Å². The highest BCUT2D eigenvalue weighted by atomic mass is 79.9. The molecule has 0 radical (unpaired) electrons. The third-order valence-electron chi connectivity index (χ3n) is 2.50. The van der Waals surface area contributed by atoms with E-state index in [-0.39, 0.29) is 5.91 Å². The van der Waals surface area contributed by atoms with Crippen LogP contribution < -0.4 is 5.32 Å². The van der Waals surface area contributed by atoms with Crippen LogP contribution in [0.4, 0.5) is 0 Å². The van der Waals surface area contributed by atoms with Gasteiger partial charge in [0, 0.05) is 33.2 Å². The Kier molecular flexibility index (Phi) is 3.06. The lowest BCUT2D eigenvalue weighted by atomic mass is 10.3. The molecule has 1 aliphatic heterocycles. The predicted molar refractivity (Wildman–Crippen MR) is 59.7 cm³/mol. The zero-order chi connectivity index (χ0) is 10.8. The van der Waals surface area contributed by atoms with Gasteiger partial charge in [-0.2, -0.15) is 5.10 Å². The maximum Gasteiger partial charge on any atom is 0.273 e. The second kappa shape index (κ2) is 4.32. The van der Waals surface area contributed by atoms with Crippen molar-refractivity contribution in [2.75, 3.05) is 26.2 Å². The van der Waals surface area contributed by atoms with E-state index in [9.17, 15) is 4.79 Å². The number of carbonyl (C=O) groups excluding carboxylic acids is 1. The van der Waals surface area contributed by atoms with E-state index in [0.717, 1.165) is 30.7 Å². The van der Waals surface area contributed by atoms with Gasteiger partial charge in [0.1, 0.15) is 5.69 Å².